The van der Waals surface area contributed by atoms with Gasteiger partial charge < -0.3 is 4.42 Å². The normalized spacial score (nSPS) is 15.7. The van der Waals surface area contributed by atoms with Gasteiger partial charge in [-0.25, -0.2) is 9.37 Å². The number of amides is 1. The van der Waals surface area contributed by atoms with Gasteiger partial charge in [0.05, 0.1) is 17.0 Å². The zero-order chi connectivity index (χ0) is 21.7. The number of nitrogens with zero attached hydrogens (tertiary/aromatic N) is 2. The summed E-state index contributed by atoms with van der Waals surface area (Å²) < 4.78 is 19.7. The number of halogens is 1. The van der Waals surface area contributed by atoms with Crippen molar-refractivity contribution in [3.8, 4) is 0 Å². The van der Waals surface area contributed by atoms with Gasteiger partial charge >= 0.3 is 0 Å². The lowest BCUT2D eigenvalue weighted by Crippen LogP contribution is -2.30. The molecule has 1 aliphatic heterocycles. The molecule has 1 atom stereocenters. The molecule has 0 fully saturated rings. The highest BCUT2D eigenvalue weighted by Crippen LogP contribution is 2.40. The van der Waals surface area contributed by atoms with Crippen LogP contribution in [0.25, 0.3) is 11.0 Å². The van der Waals surface area contributed by atoms with Crippen molar-refractivity contribution in [2.75, 3.05) is 4.90 Å². The number of anilines is 1. The average Bonchev–Trinajstić information content (AvgIpc) is 3.07. The van der Waals surface area contributed by atoms with Gasteiger partial charge in [0.2, 0.25) is 5.76 Å². The molecule has 4 aromatic rings. The van der Waals surface area contributed by atoms with Crippen LogP contribution >= 0.6 is 0 Å². The first-order valence-electron chi connectivity index (χ1n) is 10.1. The predicted molar refractivity (Wildman–Crippen MR) is 116 cm³/mol. The molecule has 0 saturated heterocycles. The van der Waals surface area contributed by atoms with Crippen molar-refractivity contribution in [2.24, 2.45) is 0 Å². The molecule has 0 bridgehead atoms. The van der Waals surface area contributed by atoms with Gasteiger partial charge in [-0.15, -0.1) is 0 Å². The Bertz CT molecular complexity index is 1360. The first-order valence-corrected chi connectivity index (χ1v) is 10.1. The molecule has 1 aliphatic rings. The molecular formula is C25H19FN2O3. The molecule has 0 saturated carbocycles. The van der Waals surface area contributed by atoms with Crippen LogP contribution in [0.3, 0.4) is 0 Å². The van der Waals surface area contributed by atoms with Crippen LogP contribution in [0.4, 0.5) is 10.2 Å². The lowest BCUT2D eigenvalue weighted by Gasteiger charge is -2.24. The quantitative estimate of drug-likeness (QED) is 0.462. The minimum atomic E-state index is -0.720. The van der Waals surface area contributed by atoms with Crippen LogP contribution in [0.1, 0.15) is 53.1 Å². The number of hydrogen-bond donors (Lipinski definition) is 0. The first kappa shape index (κ1) is 19.2. The highest BCUT2D eigenvalue weighted by molar-refractivity contribution is 6.10. The number of benzene rings is 2. The van der Waals surface area contributed by atoms with Crippen molar-refractivity contribution in [3.63, 3.8) is 0 Å². The van der Waals surface area contributed by atoms with Crippen LogP contribution in [-0.4, -0.2) is 10.9 Å². The monoisotopic (exact) mass is 414 g/mol. The maximum Gasteiger partial charge on any atom is 0.296 e. The summed E-state index contributed by atoms with van der Waals surface area (Å²) in [6, 6.07) is 16.0. The van der Waals surface area contributed by atoms with Crippen molar-refractivity contribution in [3.05, 3.63) is 105 Å². The van der Waals surface area contributed by atoms with E-state index < -0.39 is 23.2 Å². The van der Waals surface area contributed by atoms with E-state index in [0.29, 0.717) is 11.7 Å². The zero-order valence-corrected chi connectivity index (χ0v) is 17.0. The minimum Gasteiger partial charge on any atom is -0.450 e. The highest BCUT2D eigenvalue weighted by atomic mass is 19.1. The van der Waals surface area contributed by atoms with Crippen LogP contribution < -0.4 is 10.3 Å². The molecule has 0 N–H and O–H groups in total. The molecule has 2 aromatic carbocycles. The van der Waals surface area contributed by atoms with Crippen LogP contribution in [0.2, 0.25) is 0 Å². The van der Waals surface area contributed by atoms with Gasteiger partial charge in [0, 0.05) is 6.20 Å². The standard InChI is InChI=1S/C25H19FN2O3/c1-14(2)15-6-8-16(9-7-15)22-21-23(29)18-13-17(26)10-11-19(18)31-24(21)25(30)28(22)20-5-3-4-12-27-20/h3-14,22H,1-2H3/t22-/m1/s1. The maximum absolute atomic E-state index is 13.9. The second-order valence-electron chi connectivity index (χ2n) is 7.90. The van der Waals surface area contributed by atoms with E-state index in [2.05, 4.69) is 18.8 Å². The predicted octanol–water partition coefficient (Wildman–Crippen LogP) is 5.20. The molecule has 154 valence electrons. The third-order valence-electron chi connectivity index (χ3n) is 5.65. The average molecular weight is 414 g/mol. The van der Waals surface area contributed by atoms with Gasteiger partial charge in [-0.3, -0.25) is 14.5 Å². The third-order valence-corrected chi connectivity index (χ3v) is 5.65. The van der Waals surface area contributed by atoms with E-state index in [0.717, 1.165) is 17.2 Å². The second-order valence-corrected chi connectivity index (χ2v) is 7.90. The Morgan fingerprint density at radius 3 is 2.48 bits per heavy atom. The zero-order valence-electron chi connectivity index (χ0n) is 17.0. The van der Waals surface area contributed by atoms with E-state index in [9.17, 15) is 14.0 Å². The summed E-state index contributed by atoms with van der Waals surface area (Å²) in [6.45, 7) is 4.19. The van der Waals surface area contributed by atoms with Crippen LogP contribution in [0.15, 0.2) is 76.1 Å². The van der Waals surface area contributed by atoms with Gasteiger partial charge in [-0.05, 0) is 47.4 Å². The molecule has 31 heavy (non-hydrogen) atoms. The lowest BCUT2D eigenvalue weighted by atomic mass is 9.95. The summed E-state index contributed by atoms with van der Waals surface area (Å²) in [5.41, 5.74) is 1.86. The van der Waals surface area contributed by atoms with E-state index in [4.69, 9.17) is 4.42 Å². The Kier molecular flexibility index (Phi) is 4.43. The van der Waals surface area contributed by atoms with Crippen molar-refractivity contribution in [2.45, 2.75) is 25.8 Å². The summed E-state index contributed by atoms with van der Waals surface area (Å²) in [7, 11) is 0. The fourth-order valence-electron chi connectivity index (χ4n) is 4.06. The Morgan fingerprint density at radius 1 is 1.03 bits per heavy atom. The number of rotatable bonds is 3. The summed E-state index contributed by atoms with van der Waals surface area (Å²) in [5.74, 6) is -0.270. The molecule has 0 spiro atoms. The van der Waals surface area contributed by atoms with Gasteiger partial charge in [0.25, 0.3) is 5.91 Å². The van der Waals surface area contributed by atoms with Crippen molar-refractivity contribution < 1.29 is 13.6 Å². The number of carbonyl (C=O) groups excluding carboxylic acids is 1. The summed E-state index contributed by atoms with van der Waals surface area (Å²) in [5, 5.41) is 0.109. The molecule has 5 nitrogen and oxygen atoms in total. The fraction of sp³-hybridized carbons (Fsp3) is 0.160. The van der Waals surface area contributed by atoms with E-state index in [1.54, 1.807) is 24.4 Å². The number of fused-ring (bicyclic) bond motifs is 2. The van der Waals surface area contributed by atoms with Crippen molar-refractivity contribution in [1.82, 2.24) is 4.98 Å². The molecule has 0 unspecified atom stereocenters. The molecule has 5 rings (SSSR count). The lowest BCUT2D eigenvalue weighted by molar-refractivity contribution is 0.0970. The van der Waals surface area contributed by atoms with Gasteiger partial charge in [-0.2, -0.15) is 0 Å². The molecule has 6 heteroatoms. The number of carbonyl (C=O) groups is 1. The van der Waals surface area contributed by atoms with Gasteiger partial charge in [-0.1, -0.05) is 44.2 Å². The number of hydrogen-bond acceptors (Lipinski definition) is 4. The molecule has 3 heterocycles. The topological polar surface area (TPSA) is 63.4 Å². The first-order chi connectivity index (χ1) is 15.0. The smallest absolute Gasteiger partial charge is 0.296 e. The fourth-order valence-corrected chi connectivity index (χ4v) is 4.06. The Morgan fingerprint density at radius 2 is 1.81 bits per heavy atom. The number of aromatic nitrogens is 1. The molecule has 0 radical (unpaired) electrons. The van der Waals surface area contributed by atoms with E-state index in [-0.39, 0.29) is 22.3 Å². The Hall–Kier alpha value is -3.80. The van der Waals surface area contributed by atoms with Gasteiger partial charge in [0.1, 0.15) is 17.2 Å². The second kappa shape index (κ2) is 7.16. The Labute approximate surface area is 177 Å². The summed E-state index contributed by atoms with van der Waals surface area (Å²) in [6.07, 6.45) is 1.59. The van der Waals surface area contributed by atoms with Crippen molar-refractivity contribution >= 4 is 22.7 Å². The van der Waals surface area contributed by atoms with Crippen molar-refractivity contribution in [1.29, 1.82) is 0 Å². The number of pyridine rings is 1. The maximum atomic E-state index is 13.9. The van der Waals surface area contributed by atoms with Crippen LogP contribution in [-0.2, 0) is 0 Å². The van der Waals surface area contributed by atoms with E-state index in [1.165, 1.54) is 17.0 Å². The summed E-state index contributed by atoms with van der Waals surface area (Å²) >= 11 is 0. The SMILES string of the molecule is CC(C)c1ccc([C@@H]2c3c(oc4ccc(F)cc4c3=O)C(=O)N2c2ccccn2)cc1. The molecule has 2 aromatic heterocycles. The van der Waals surface area contributed by atoms with E-state index in [1.807, 2.05) is 24.3 Å². The molecular weight excluding hydrogens is 395 g/mol. The van der Waals surface area contributed by atoms with Gasteiger partial charge in [0.15, 0.2) is 5.43 Å². The summed E-state index contributed by atoms with van der Waals surface area (Å²) in [4.78, 5) is 32.6. The van der Waals surface area contributed by atoms with E-state index >= 15 is 0 Å². The largest absolute Gasteiger partial charge is 0.450 e. The van der Waals surface area contributed by atoms with Crippen LogP contribution in [0.5, 0.6) is 0 Å². The highest BCUT2D eigenvalue weighted by Gasteiger charge is 2.44. The third kappa shape index (κ3) is 3.03. The molecule has 0 aliphatic carbocycles. The minimum absolute atomic E-state index is 0.0345. The Balaban J connectivity index is 1.78. The van der Waals surface area contributed by atoms with Crippen LogP contribution in [0, 0.1) is 5.82 Å². The molecule has 1 amide bonds.